The summed E-state index contributed by atoms with van der Waals surface area (Å²) < 4.78 is 23.0. The first kappa shape index (κ1) is 24.8. The van der Waals surface area contributed by atoms with Gasteiger partial charge in [0.05, 0.1) is 6.33 Å². The maximum Gasteiger partial charge on any atom is 0.303 e. The Bertz CT molecular complexity index is 1170. The molecule has 34 heavy (non-hydrogen) atoms. The second-order valence-corrected chi connectivity index (χ2v) is 7.90. The molecule has 1 aliphatic heterocycles. The molecule has 184 valence electrons. The number of hydrogen-bond donors (Lipinski definition) is 2. The number of amides is 1. The minimum absolute atomic E-state index is 0.0136. The van der Waals surface area contributed by atoms with E-state index in [0.717, 1.165) is 6.92 Å². The van der Waals surface area contributed by atoms with Crippen molar-refractivity contribution < 1.29 is 38.1 Å². The van der Waals surface area contributed by atoms with E-state index in [1.54, 1.807) is 13.8 Å². The highest BCUT2D eigenvalue weighted by Crippen LogP contribution is 2.35. The van der Waals surface area contributed by atoms with Crippen molar-refractivity contribution in [3.63, 3.8) is 0 Å². The Kier molecular flexibility index (Phi) is 7.29. The molecule has 3 rings (SSSR count). The smallest absolute Gasteiger partial charge is 0.303 e. The van der Waals surface area contributed by atoms with E-state index < -0.39 is 48.0 Å². The number of nitrogens with one attached hydrogen (secondary N) is 2. The zero-order valence-electron chi connectivity index (χ0n) is 19.2. The molecule has 0 saturated carbocycles. The standard InChI is InChI=1S/C20H25N5O9/c1-8(2)17(29)23-20-22-16-13(18(30)24-20)21-7-25(16)19-15(33-11(5)28)14(32-10(4)27)12(34-19)6-31-9(3)26/h7-8,12,14-15,19H,6H2,1-5H3,(H2,22,23,24,29,30)/t12-,14-,15-,19-/m1/s1/i23+1,24+1. The van der Waals surface area contributed by atoms with E-state index in [9.17, 15) is 24.0 Å². The molecule has 2 aromatic heterocycles. The van der Waals surface area contributed by atoms with Gasteiger partial charge in [0.15, 0.2) is 29.6 Å². The lowest BCUT2D eigenvalue weighted by molar-refractivity contribution is -0.166. The first-order chi connectivity index (χ1) is 16.0. The van der Waals surface area contributed by atoms with E-state index in [-0.39, 0.29) is 35.5 Å². The molecule has 14 heteroatoms. The fourth-order valence-electron chi connectivity index (χ4n) is 3.35. The number of rotatable bonds is 7. The molecule has 14 nitrogen and oxygen atoms in total. The molecule has 1 fully saturated rings. The van der Waals surface area contributed by atoms with Crippen molar-refractivity contribution in [2.24, 2.45) is 5.92 Å². The number of esters is 3. The number of H-pyrrole nitrogens is 1. The zero-order chi connectivity index (χ0) is 25.2. The number of aromatic amines is 1. The average molecular weight is 481 g/mol. The van der Waals surface area contributed by atoms with E-state index in [4.69, 9.17) is 18.9 Å². The molecule has 0 bridgehead atoms. The third kappa shape index (κ3) is 5.39. The highest BCUT2D eigenvalue weighted by atomic mass is 16.7. The molecule has 2 N–H and O–H groups in total. The van der Waals surface area contributed by atoms with Gasteiger partial charge in [0.25, 0.3) is 5.56 Å². The molecule has 2 aromatic rings. The summed E-state index contributed by atoms with van der Waals surface area (Å²) in [7, 11) is 0. The van der Waals surface area contributed by atoms with Gasteiger partial charge in [-0.25, -0.2) is 4.98 Å². The monoisotopic (exact) mass is 481 g/mol. The largest absolute Gasteiger partial charge is 0.463 e. The van der Waals surface area contributed by atoms with Crippen molar-refractivity contribution in [1.82, 2.24) is 19.5 Å². The Morgan fingerprint density at radius 3 is 2.35 bits per heavy atom. The number of fused-ring (bicyclic) bond motifs is 1. The minimum atomic E-state index is -1.19. The van der Waals surface area contributed by atoms with Crippen LogP contribution in [0.5, 0.6) is 0 Å². The molecule has 0 aliphatic carbocycles. The number of ether oxygens (including phenoxy) is 4. The molecule has 1 aliphatic rings. The van der Waals surface area contributed by atoms with Crippen LogP contribution in [0.3, 0.4) is 0 Å². The lowest BCUT2D eigenvalue weighted by Crippen LogP contribution is -2.40. The molecule has 4 atom stereocenters. The third-order valence-corrected chi connectivity index (χ3v) is 4.81. The van der Waals surface area contributed by atoms with Gasteiger partial charge in [0, 0.05) is 26.7 Å². The molecule has 0 unspecified atom stereocenters. The van der Waals surface area contributed by atoms with Crippen LogP contribution in [0.25, 0.3) is 11.2 Å². The first-order valence-corrected chi connectivity index (χ1v) is 10.4. The number of anilines is 1. The van der Waals surface area contributed by atoms with Crippen LogP contribution in [0.15, 0.2) is 11.1 Å². The van der Waals surface area contributed by atoms with Crippen LogP contribution in [0.1, 0.15) is 40.8 Å². The summed E-state index contributed by atoms with van der Waals surface area (Å²) in [6.45, 7) is 6.57. The number of carbonyl (C=O) groups excluding carboxylic acids is 4. The Hall–Kier alpha value is -3.81. The Balaban J connectivity index is 2.06. The van der Waals surface area contributed by atoms with Crippen LogP contribution >= 0.6 is 0 Å². The van der Waals surface area contributed by atoms with Gasteiger partial charge < -0.3 is 18.9 Å². The normalized spacial score (nSPS) is 21.9. The maximum absolute atomic E-state index is 12.5. The number of carbonyl (C=O) groups is 4. The van der Waals surface area contributed by atoms with E-state index in [0.29, 0.717) is 0 Å². The summed E-state index contributed by atoms with van der Waals surface area (Å²) in [4.78, 5) is 70.2. The molecular weight excluding hydrogens is 456 g/mol. The molecule has 0 spiro atoms. The van der Waals surface area contributed by atoms with Gasteiger partial charge in [0.1, 0.15) is 12.7 Å². The van der Waals surface area contributed by atoms with Crippen molar-refractivity contribution in [2.45, 2.75) is 59.2 Å². The number of nitrogens with zero attached hydrogens (tertiary/aromatic N) is 3. The molecular formula is C20H25N5O9. The fraction of sp³-hybridized carbons (Fsp3) is 0.550. The predicted molar refractivity (Wildman–Crippen MR) is 113 cm³/mol. The number of imidazole rings is 1. The highest BCUT2D eigenvalue weighted by Gasteiger charge is 2.51. The minimum Gasteiger partial charge on any atom is -0.463 e. The summed E-state index contributed by atoms with van der Waals surface area (Å²) >= 11 is 0. The zero-order valence-corrected chi connectivity index (χ0v) is 19.2. The molecule has 0 aromatic carbocycles. The van der Waals surface area contributed by atoms with E-state index in [2.05, 4.69) is 20.3 Å². The number of hydrogen-bond acceptors (Lipinski definition) is 11. The highest BCUT2D eigenvalue weighted by molar-refractivity contribution is 5.91. The SMILES string of the molecule is CC(=O)OC[C@H]1O[C@@H](n2cnc3c(=O)[15nH]c([15NH]C(=O)C(C)C)nc32)[C@H](OC(C)=O)[C@@H]1OC(C)=O. The van der Waals surface area contributed by atoms with Crippen LogP contribution in [0.4, 0.5) is 5.95 Å². The van der Waals surface area contributed by atoms with Crippen LogP contribution in [0.2, 0.25) is 0 Å². The summed E-state index contributed by atoms with van der Waals surface area (Å²) in [6.07, 6.45) is -3.23. The Morgan fingerprint density at radius 2 is 1.76 bits per heavy atom. The summed E-state index contributed by atoms with van der Waals surface area (Å²) in [5, 5.41) is 2.50. The summed E-state index contributed by atoms with van der Waals surface area (Å²) in [5.74, 6) is -2.83. The lowest BCUT2D eigenvalue weighted by Gasteiger charge is -2.23. The van der Waals surface area contributed by atoms with E-state index in [1.807, 2.05) is 0 Å². The van der Waals surface area contributed by atoms with Gasteiger partial charge in [0.2, 0.25) is 11.9 Å². The van der Waals surface area contributed by atoms with Crippen LogP contribution < -0.4 is 10.9 Å². The van der Waals surface area contributed by atoms with Crippen molar-refractivity contribution in [3.05, 3.63) is 16.7 Å². The Morgan fingerprint density at radius 1 is 1.12 bits per heavy atom. The second kappa shape index (κ2) is 9.99. The van der Waals surface area contributed by atoms with E-state index in [1.165, 1.54) is 24.7 Å². The predicted octanol–water partition coefficient (Wildman–Crippen LogP) is 0.0380. The summed E-state index contributed by atoms with van der Waals surface area (Å²) in [6, 6.07) is 0. The molecule has 0 radical (unpaired) electrons. The van der Waals surface area contributed by atoms with E-state index >= 15 is 0 Å². The van der Waals surface area contributed by atoms with Gasteiger partial charge in [-0.05, 0) is 0 Å². The summed E-state index contributed by atoms with van der Waals surface area (Å²) in [5.41, 5.74) is -0.683. The molecule has 1 saturated heterocycles. The van der Waals surface area contributed by atoms with Crippen LogP contribution in [-0.4, -0.2) is 68.3 Å². The van der Waals surface area contributed by atoms with Gasteiger partial charge in [-0.1, -0.05) is 13.8 Å². The molecule has 1 amide bonds. The van der Waals surface area contributed by atoms with Gasteiger partial charge in [-0.3, -0.25) is 38.8 Å². The van der Waals surface area contributed by atoms with Crippen molar-refractivity contribution in [3.8, 4) is 0 Å². The average Bonchev–Trinajstić information content (AvgIpc) is 3.28. The molecule has 3 heterocycles. The number of aromatic nitrogens is 4. The topological polar surface area (TPSA) is 181 Å². The van der Waals surface area contributed by atoms with Gasteiger partial charge in [-0.2, -0.15) is 4.98 Å². The van der Waals surface area contributed by atoms with Crippen LogP contribution in [0, 0.1) is 5.92 Å². The Labute approximate surface area is 192 Å². The first-order valence-electron chi connectivity index (χ1n) is 10.4. The quantitative estimate of drug-likeness (QED) is 0.309. The van der Waals surface area contributed by atoms with Gasteiger partial charge >= 0.3 is 17.9 Å². The van der Waals surface area contributed by atoms with Crippen molar-refractivity contribution in [1.29, 1.82) is 0 Å². The van der Waals surface area contributed by atoms with Crippen molar-refractivity contribution >= 4 is 40.9 Å². The fourth-order valence-corrected chi connectivity index (χ4v) is 3.35. The third-order valence-electron chi connectivity index (χ3n) is 4.81. The second-order valence-electron chi connectivity index (χ2n) is 7.90. The van der Waals surface area contributed by atoms with Crippen LogP contribution in [-0.2, 0) is 38.1 Å². The van der Waals surface area contributed by atoms with Gasteiger partial charge in [-0.15, -0.1) is 0 Å². The maximum atomic E-state index is 12.5. The van der Waals surface area contributed by atoms with Crippen molar-refractivity contribution in [2.75, 3.05) is 11.9 Å². The lowest BCUT2D eigenvalue weighted by atomic mass is 10.1.